The van der Waals surface area contributed by atoms with E-state index in [1.165, 1.54) is 5.56 Å². The first-order valence-corrected chi connectivity index (χ1v) is 7.35. The molecule has 1 aromatic heterocycles. The van der Waals surface area contributed by atoms with Gasteiger partial charge in [-0.05, 0) is 37.1 Å². The first kappa shape index (κ1) is 15.3. The largest absolute Gasteiger partial charge is 0.364 e. The fraction of sp³-hybridized carbons (Fsp3) is 0.375. The van der Waals surface area contributed by atoms with Crippen molar-refractivity contribution in [1.82, 2.24) is 15.1 Å². The molecule has 2 aromatic rings. The predicted molar refractivity (Wildman–Crippen MR) is 83.4 cm³/mol. The number of carbonyl (C=O) groups is 1. The van der Waals surface area contributed by atoms with Crippen molar-refractivity contribution in [3.05, 3.63) is 47.8 Å². The number of aromatic nitrogens is 2. The van der Waals surface area contributed by atoms with E-state index in [4.69, 9.17) is 5.73 Å². The molecule has 0 aliphatic carbocycles. The molecular formula is C16H22N4O. The van der Waals surface area contributed by atoms with Crippen LogP contribution in [0.5, 0.6) is 0 Å². The van der Waals surface area contributed by atoms with Crippen molar-refractivity contribution < 1.29 is 4.79 Å². The monoisotopic (exact) mass is 286 g/mol. The molecule has 5 nitrogen and oxygen atoms in total. The molecule has 0 aliphatic rings. The molecule has 1 heterocycles. The highest BCUT2D eigenvalue weighted by molar-refractivity contribution is 5.90. The van der Waals surface area contributed by atoms with E-state index in [-0.39, 0.29) is 11.7 Å². The Morgan fingerprint density at radius 1 is 1.33 bits per heavy atom. The summed E-state index contributed by atoms with van der Waals surface area (Å²) in [5.41, 5.74) is 7.69. The first-order valence-electron chi connectivity index (χ1n) is 7.35. The van der Waals surface area contributed by atoms with Crippen molar-refractivity contribution in [2.24, 2.45) is 5.73 Å². The molecule has 112 valence electrons. The average molecular weight is 286 g/mol. The van der Waals surface area contributed by atoms with Crippen LogP contribution in [0.4, 0.5) is 0 Å². The zero-order valence-electron chi connectivity index (χ0n) is 12.5. The third-order valence-corrected chi connectivity index (χ3v) is 3.45. The van der Waals surface area contributed by atoms with Crippen LogP contribution in [0.15, 0.2) is 36.5 Å². The van der Waals surface area contributed by atoms with Crippen molar-refractivity contribution in [3.63, 3.8) is 0 Å². The summed E-state index contributed by atoms with van der Waals surface area (Å²) in [5, 5.41) is 7.79. The molecular weight excluding hydrogens is 264 g/mol. The van der Waals surface area contributed by atoms with E-state index < -0.39 is 5.91 Å². The lowest BCUT2D eigenvalue weighted by Gasteiger charge is -2.20. The summed E-state index contributed by atoms with van der Waals surface area (Å²) in [4.78, 5) is 11.2. The Morgan fingerprint density at radius 2 is 2.10 bits per heavy atom. The highest BCUT2D eigenvalue weighted by Gasteiger charge is 2.15. The molecule has 1 aromatic carbocycles. The maximum absolute atomic E-state index is 11.2. The standard InChI is InChI=1S/C16H22N4O/c1-3-10-18-13(4-2)12-7-5-6-8-15(12)20-11-9-14(19-20)16(17)21/h5-9,11,13,18H,3-4,10H2,1-2H3,(H2,17,21). The Morgan fingerprint density at radius 3 is 2.71 bits per heavy atom. The molecule has 1 unspecified atom stereocenters. The number of carbonyl (C=O) groups excluding carboxylic acids is 1. The number of amides is 1. The summed E-state index contributed by atoms with van der Waals surface area (Å²) in [5.74, 6) is -0.512. The molecule has 0 radical (unpaired) electrons. The fourth-order valence-corrected chi connectivity index (χ4v) is 2.37. The van der Waals surface area contributed by atoms with Crippen molar-refractivity contribution in [2.75, 3.05) is 6.54 Å². The molecule has 0 aliphatic heterocycles. The lowest BCUT2D eigenvalue weighted by atomic mass is 10.0. The van der Waals surface area contributed by atoms with Gasteiger partial charge >= 0.3 is 0 Å². The van der Waals surface area contributed by atoms with E-state index >= 15 is 0 Å². The third-order valence-electron chi connectivity index (χ3n) is 3.45. The highest BCUT2D eigenvalue weighted by atomic mass is 16.1. The summed E-state index contributed by atoms with van der Waals surface area (Å²) < 4.78 is 1.71. The van der Waals surface area contributed by atoms with Crippen LogP contribution in [-0.2, 0) is 0 Å². The highest BCUT2D eigenvalue weighted by Crippen LogP contribution is 2.23. The lowest BCUT2D eigenvalue weighted by Crippen LogP contribution is -2.23. The van der Waals surface area contributed by atoms with Gasteiger partial charge in [0.1, 0.15) is 5.69 Å². The molecule has 0 saturated carbocycles. The van der Waals surface area contributed by atoms with E-state index in [0.29, 0.717) is 0 Å². The topological polar surface area (TPSA) is 72.9 Å². The number of para-hydroxylation sites is 1. The number of nitrogens with one attached hydrogen (secondary N) is 1. The molecule has 1 amide bonds. The number of primary amides is 1. The second kappa shape index (κ2) is 7.04. The van der Waals surface area contributed by atoms with Gasteiger partial charge < -0.3 is 11.1 Å². The predicted octanol–water partition coefficient (Wildman–Crippen LogP) is 2.42. The van der Waals surface area contributed by atoms with Gasteiger partial charge in [-0.15, -0.1) is 0 Å². The molecule has 5 heteroatoms. The van der Waals surface area contributed by atoms with Crippen LogP contribution in [0.3, 0.4) is 0 Å². The smallest absolute Gasteiger partial charge is 0.269 e. The summed E-state index contributed by atoms with van der Waals surface area (Å²) >= 11 is 0. The summed E-state index contributed by atoms with van der Waals surface area (Å²) in [7, 11) is 0. The molecule has 0 bridgehead atoms. The minimum absolute atomic E-state index is 0.266. The van der Waals surface area contributed by atoms with Crippen LogP contribution < -0.4 is 11.1 Å². The summed E-state index contributed by atoms with van der Waals surface area (Å²) in [6.45, 7) is 5.28. The molecule has 1 atom stereocenters. The maximum Gasteiger partial charge on any atom is 0.269 e. The van der Waals surface area contributed by atoms with Crippen LogP contribution in [-0.4, -0.2) is 22.2 Å². The lowest BCUT2D eigenvalue weighted by molar-refractivity contribution is 0.0995. The van der Waals surface area contributed by atoms with E-state index in [2.05, 4.69) is 30.3 Å². The van der Waals surface area contributed by atoms with Crippen molar-refractivity contribution in [2.45, 2.75) is 32.7 Å². The van der Waals surface area contributed by atoms with Gasteiger partial charge in [-0.1, -0.05) is 32.0 Å². The molecule has 0 saturated heterocycles. The minimum Gasteiger partial charge on any atom is -0.364 e. The van der Waals surface area contributed by atoms with Crippen LogP contribution >= 0.6 is 0 Å². The van der Waals surface area contributed by atoms with Gasteiger partial charge in [-0.3, -0.25) is 4.79 Å². The Labute approximate surface area is 125 Å². The maximum atomic E-state index is 11.2. The molecule has 3 N–H and O–H groups in total. The van der Waals surface area contributed by atoms with Crippen molar-refractivity contribution in [3.8, 4) is 5.69 Å². The molecule has 0 spiro atoms. The first-order chi connectivity index (χ1) is 10.2. The van der Waals surface area contributed by atoms with Crippen LogP contribution in [0.1, 0.15) is 48.8 Å². The quantitative estimate of drug-likeness (QED) is 0.821. The van der Waals surface area contributed by atoms with Crippen LogP contribution in [0, 0.1) is 0 Å². The third kappa shape index (κ3) is 3.49. The van der Waals surface area contributed by atoms with Crippen molar-refractivity contribution in [1.29, 1.82) is 0 Å². The van der Waals surface area contributed by atoms with Gasteiger partial charge in [-0.2, -0.15) is 5.10 Å². The van der Waals surface area contributed by atoms with Gasteiger partial charge in [0, 0.05) is 12.2 Å². The average Bonchev–Trinajstić information content (AvgIpc) is 2.98. The van der Waals surface area contributed by atoms with Gasteiger partial charge in [0.05, 0.1) is 5.69 Å². The number of hydrogen-bond acceptors (Lipinski definition) is 3. The van der Waals surface area contributed by atoms with E-state index in [1.54, 1.807) is 16.9 Å². The second-order valence-corrected chi connectivity index (χ2v) is 4.98. The Hall–Kier alpha value is -2.14. The number of rotatable bonds is 7. The van der Waals surface area contributed by atoms with Gasteiger partial charge in [-0.25, -0.2) is 4.68 Å². The van der Waals surface area contributed by atoms with E-state index in [9.17, 15) is 4.79 Å². The zero-order chi connectivity index (χ0) is 15.2. The van der Waals surface area contributed by atoms with E-state index in [0.717, 1.165) is 25.1 Å². The van der Waals surface area contributed by atoms with Crippen LogP contribution in [0.2, 0.25) is 0 Å². The summed E-state index contributed by atoms with van der Waals surface area (Å²) in [6.07, 6.45) is 3.85. The van der Waals surface area contributed by atoms with Gasteiger partial charge in [0.15, 0.2) is 0 Å². The Bertz CT molecular complexity index is 606. The number of benzene rings is 1. The Balaban J connectivity index is 2.36. The number of nitrogens with zero attached hydrogens (tertiary/aromatic N) is 2. The number of nitrogens with two attached hydrogens (primary N) is 1. The second-order valence-electron chi connectivity index (χ2n) is 4.98. The molecule has 21 heavy (non-hydrogen) atoms. The molecule has 0 fully saturated rings. The minimum atomic E-state index is -0.512. The SMILES string of the molecule is CCCNC(CC)c1ccccc1-n1ccc(C(N)=O)n1. The Kier molecular flexibility index (Phi) is 5.11. The molecule has 2 rings (SSSR count). The normalized spacial score (nSPS) is 12.3. The zero-order valence-corrected chi connectivity index (χ0v) is 12.5. The van der Waals surface area contributed by atoms with Crippen LogP contribution in [0.25, 0.3) is 5.69 Å². The fourth-order valence-electron chi connectivity index (χ4n) is 2.37. The number of hydrogen-bond donors (Lipinski definition) is 2. The van der Waals surface area contributed by atoms with Gasteiger partial charge in [0.2, 0.25) is 0 Å². The van der Waals surface area contributed by atoms with Gasteiger partial charge in [0.25, 0.3) is 5.91 Å². The summed E-state index contributed by atoms with van der Waals surface area (Å²) in [6, 6.07) is 9.99. The van der Waals surface area contributed by atoms with Crippen molar-refractivity contribution >= 4 is 5.91 Å². The van der Waals surface area contributed by atoms with E-state index in [1.807, 2.05) is 18.2 Å².